The second-order valence-electron chi connectivity index (χ2n) is 5.33. The summed E-state index contributed by atoms with van der Waals surface area (Å²) in [5, 5.41) is 2.78. The molecule has 0 radical (unpaired) electrons. The van der Waals surface area contributed by atoms with Crippen LogP contribution < -0.4 is 5.32 Å². The van der Waals surface area contributed by atoms with E-state index >= 15 is 0 Å². The molecule has 0 spiro atoms. The van der Waals surface area contributed by atoms with Gasteiger partial charge in [-0.15, -0.1) is 0 Å². The number of methoxy groups -OCH3 is 1. The predicted octanol–water partition coefficient (Wildman–Crippen LogP) is 1.52. The third-order valence-electron chi connectivity index (χ3n) is 3.78. The van der Waals surface area contributed by atoms with Crippen LogP contribution >= 0.6 is 0 Å². The number of likely N-dealkylation sites (N-methyl/N-ethyl adjacent to an activating group) is 1. The first kappa shape index (κ1) is 16.0. The van der Waals surface area contributed by atoms with Crippen LogP contribution in [-0.4, -0.2) is 43.4 Å². The SMILES string of the molecule is COC(=O)CCCN(C)C(=O)C1CC(=O)Nc2ccccc21. The summed E-state index contributed by atoms with van der Waals surface area (Å²) in [6.07, 6.45) is 0.961. The predicted molar refractivity (Wildman–Crippen MR) is 81.3 cm³/mol. The molecule has 1 aromatic rings. The highest BCUT2D eigenvalue weighted by atomic mass is 16.5. The molecule has 0 aliphatic carbocycles. The number of benzene rings is 1. The molecule has 1 aromatic carbocycles. The standard InChI is InChI=1S/C16H20N2O4/c1-18(9-5-8-15(20)22-2)16(21)12-10-14(19)17-13-7-4-3-6-11(12)13/h3-4,6-7,12H,5,8-10H2,1-2H3,(H,17,19). The van der Waals surface area contributed by atoms with Crippen LogP contribution in [0.4, 0.5) is 5.69 Å². The normalized spacial score (nSPS) is 16.5. The zero-order valence-corrected chi connectivity index (χ0v) is 12.8. The highest BCUT2D eigenvalue weighted by molar-refractivity contribution is 6.01. The summed E-state index contributed by atoms with van der Waals surface area (Å²) >= 11 is 0. The number of ether oxygens (including phenoxy) is 1. The summed E-state index contributed by atoms with van der Waals surface area (Å²) < 4.78 is 4.57. The minimum absolute atomic E-state index is 0.104. The number of para-hydroxylation sites is 1. The third-order valence-corrected chi connectivity index (χ3v) is 3.78. The van der Waals surface area contributed by atoms with E-state index < -0.39 is 5.92 Å². The first-order chi connectivity index (χ1) is 10.5. The van der Waals surface area contributed by atoms with Crippen molar-refractivity contribution in [3.8, 4) is 0 Å². The Kier molecular flexibility index (Phi) is 5.14. The number of rotatable bonds is 5. The van der Waals surface area contributed by atoms with Gasteiger partial charge in [0.2, 0.25) is 11.8 Å². The second kappa shape index (κ2) is 7.06. The van der Waals surface area contributed by atoms with Crippen LogP contribution in [0.1, 0.15) is 30.7 Å². The molecule has 1 N–H and O–H groups in total. The lowest BCUT2D eigenvalue weighted by Gasteiger charge is -2.28. The van der Waals surface area contributed by atoms with Gasteiger partial charge in [0.25, 0.3) is 0 Å². The largest absolute Gasteiger partial charge is 0.469 e. The van der Waals surface area contributed by atoms with Crippen LogP contribution in [0.15, 0.2) is 24.3 Å². The van der Waals surface area contributed by atoms with Gasteiger partial charge in [0, 0.05) is 32.1 Å². The van der Waals surface area contributed by atoms with Crippen LogP contribution in [0, 0.1) is 0 Å². The number of anilines is 1. The first-order valence-electron chi connectivity index (χ1n) is 7.23. The van der Waals surface area contributed by atoms with Crippen molar-refractivity contribution in [2.75, 3.05) is 26.0 Å². The first-order valence-corrected chi connectivity index (χ1v) is 7.23. The molecule has 6 nitrogen and oxygen atoms in total. The van der Waals surface area contributed by atoms with Crippen LogP contribution in [0.25, 0.3) is 0 Å². The maximum Gasteiger partial charge on any atom is 0.305 e. The monoisotopic (exact) mass is 304 g/mol. The maximum atomic E-state index is 12.6. The number of fused-ring (bicyclic) bond motifs is 1. The highest BCUT2D eigenvalue weighted by Crippen LogP contribution is 2.33. The highest BCUT2D eigenvalue weighted by Gasteiger charge is 2.32. The quantitative estimate of drug-likeness (QED) is 0.837. The van der Waals surface area contributed by atoms with Crippen molar-refractivity contribution in [1.29, 1.82) is 0 Å². The minimum Gasteiger partial charge on any atom is -0.469 e. The number of hydrogen-bond donors (Lipinski definition) is 1. The van der Waals surface area contributed by atoms with E-state index in [1.807, 2.05) is 18.2 Å². The Balaban J connectivity index is 2.03. The van der Waals surface area contributed by atoms with Gasteiger partial charge in [-0.25, -0.2) is 0 Å². The molecule has 0 bridgehead atoms. The Labute approximate surface area is 129 Å². The van der Waals surface area contributed by atoms with Gasteiger partial charge >= 0.3 is 5.97 Å². The number of nitrogens with one attached hydrogen (secondary N) is 1. The van der Waals surface area contributed by atoms with E-state index in [1.165, 1.54) is 7.11 Å². The smallest absolute Gasteiger partial charge is 0.305 e. The van der Waals surface area contributed by atoms with Crippen molar-refractivity contribution >= 4 is 23.5 Å². The zero-order chi connectivity index (χ0) is 16.1. The fourth-order valence-electron chi connectivity index (χ4n) is 2.57. The summed E-state index contributed by atoms with van der Waals surface area (Å²) in [4.78, 5) is 37.0. The van der Waals surface area contributed by atoms with Crippen LogP contribution in [0.5, 0.6) is 0 Å². The Morgan fingerprint density at radius 2 is 2.09 bits per heavy atom. The fraction of sp³-hybridized carbons (Fsp3) is 0.438. The van der Waals surface area contributed by atoms with Crippen LogP contribution in [0.2, 0.25) is 0 Å². The second-order valence-corrected chi connectivity index (χ2v) is 5.33. The molecule has 0 aromatic heterocycles. The average Bonchev–Trinajstić information content (AvgIpc) is 2.52. The molecule has 1 heterocycles. The van der Waals surface area contributed by atoms with Gasteiger partial charge < -0.3 is 15.0 Å². The number of hydrogen-bond acceptors (Lipinski definition) is 4. The van der Waals surface area contributed by atoms with Gasteiger partial charge in [0.05, 0.1) is 13.0 Å². The fourth-order valence-corrected chi connectivity index (χ4v) is 2.57. The molecule has 2 rings (SSSR count). The molecular formula is C16H20N2O4. The molecule has 0 saturated heterocycles. The van der Waals surface area contributed by atoms with Gasteiger partial charge in [-0.3, -0.25) is 14.4 Å². The molecule has 2 amide bonds. The Hall–Kier alpha value is -2.37. The lowest BCUT2D eigenvalue weighted by Crippen LogP contribution is -2.37. The molecule has 1 atom stereocenters. The van der Waals surface area contributed by atoms with Gasteiger partial charge in [0.1, 0.15) is 0 Å². The Bertz CT molecular complexity index is 585. The number of esters is 1. The van der Waals surface area contributed by atoms with Crippen molar-refractivity contribution in [1.82, 2.24) is 4.90 Å². The van der Waals surface area contributed by atoms with E-state index in [0.717, 1.165) is 5.56 Å². The van der Waals surface area contributed by atoms with Crippen molar-refractivity contribution in [2.45, 2.75) is 25.2 Å². The molecular weight excluding hydrogens is 284 g/mol. The average molecular weight is 304 g/mol. The molecule has 22 heavy (non-hydrogen) atoms. The maximum absolute atomic E-state index is 12.6. The summed E-state index contributed by atoms with van der Waals surface area (Å²) in [7, 11) is 3.03. The third kappa shape index (κ3) is 3.63. The molecule has 0 saturated carbocycles. The summed E-state index contributed by atoms with van der Waals surface area (Å²) in [6.45, 7) is 0.453. The van der Waals surface area contributed by atoms with Gasteiger partial charge in [-0.05, 0) is 18.1 Å². The van der Waals surface area contributed by atoms with E-state index in [9.17, 15) is 14.4 Å². The summed E-state index contributed by atoms with van der Waals surface area (Å²) in [6, 6.07) is 7.34. The van der Waals surface area contributed by atoms with Crippen LogP contribution in [0.3, 0.4) is 0 Å². The number of nitrogens with zero attached hydrogens (tertiary/aromatic N) is 1. The van der Waals surface area contributed by atoms with Crippen molar-refractivity contribution < 1.29 is 19.1 Å². The number of carbonyl (C=O) groups is 3. The van der Waals surface area contributed by atoms with E-state index in [2.05, 4.69) is 10.1 Å². The topological polar surface area (TPSA) is 75.7 Å². The summed E-state index contributed by atoms with van der Waals surface area (Å²) in [5.41, 5.74) is 1.53. The molecule has 1 unspecified atom stereocenters. The van der Waals surface area contributed by atoms with E-state index in [1.54, 1.807) is 18.0 Å². The number of carbonyl (C=O) groups excluding carboxylic acids is 3. The van der Waals surface area contributed by atoms with Gasteiger partial charge in [-0.1, -0.05) is 18.2 Å². The molecule has 6 heteroatoms. The van der Waals surface area contributed by atoms with Crippen molar-refractivity contribution in [3.05, 3.63) is 29.8 Å². The molecule has 118 valence electrons. The van der Waals surface area contributed by atoms with Crippen molar-refractivity contribution in [2.24, 2.45) is 0 Å². The van der Waals surface area contributed by atoms with Gasteiger partial charge in [-0.2, -0.15) is 0 Å². The molecule has 1 aliphatic heterocycles. The minimum atomic E-state index is -0.465. The van der Waals surface area contributed by atoms with E-state index in [-0.39, 0.29) is 30.6 Å². The molecule has 0 fully saturated rings. The van der Waals surface area contributed by atoms with Gasteiger partial charge in [0.15, 0.2) is 0 Å². The van der Waals surface area contributed by atoms with Crippen molar-refractivity contribution in [3.63, 3.8) is 0 Å². The number of amides is 2. The Morgan fingerprint density at radius 3 is 2.82 bits per heavy atom. The molecule has 1 aliphatic rings. The van der Waals surface area contributed by atoms with E-state index in [4.69, 9.17) is 0 Å². The Morgan fingerprint density at radius 1 is 1.36 bits per heavy atom. The zero-order valence-electron chi connectivity index (χ0n) is 12.8. The lowest BCUT2D eigenvalue weighted by molar-refractivity contribution is -0.141. The van der Waals surface area contributed by atoms with Crippen LogP contribution in [-0.2, 0) is 19.1 Å². The summed E-state index contributed by atoms with van der Waals surface area (Å²) in [5.74, 6) is -1.01. The van der Waals surface area contributed by atoms with E-state index in [0.29, 0.717) is 18.7 Å². The lowest BCUT2D eigenvalue weighted by atomic mass is 9.89.